The highest BCUT2D eigenvalue weighted by Crippen LogP contribution is 2.21. The van der Waals surface area contributed by atoms with Gasteiger partial charge in [0.15, 0.2) is 0 Å². The third-order valence-corrected chi connectivity index (χ3v) is 5.21. The monoisotopic (exact) mass is 405 g/mol. The maximum atomic E-state index is 11.2. The van der Waals surface area contributed by atoms with Crippen LogP contribution in [0, 0.1) is 13.8 Å². The first-order valence-corrected chi connectivity index (χ1v) is 10.6. The molecule has 0 radical (unpaired) electrons. The SMILES string of the molecule is C=CC(=O)NCCCCCc1nc2ccccc2n1CCOc1cc(C)ccc1C. The third kappa shape index (κ3) is 5.72. The first kappa shape index (κ1) is 21.6. The van der Waals surface area contributed by atoms with E-state index in [0.29, 0.717) is 13.2 Å². The highest BCUT2D eigenvalue weighted by atomic mass is 16.5. The molecule has 0 fully saturated rings. The molecule has 2 aromatic carbocycles. The first-order chi connectivity index (χ1) is 14.6. The van der Waals surface area contributed by atoms with Crippen LogP contribution >= 0.6 is 0 Å². The van der Waals surface area contributed by atoms with Gasteiger partial charge in [-0.05, 0) is 62.1 Å². The molecule has 0 bridgehead atoms. The smallest absolute Gasteiger partial charge is 0.243 e. The van der Waals surface area contributed by atoms with Crippen molar-refractivity contribution in [2.24, 2.45) is 0 Å². The van der Waals surface area contributed by atoms with Gasteiger partial charge in [0.25, 0.3) is 0 Å². The van der Waals surface area contributed by atoms with Crippen LogP contribution in [-0.4, -0.2) is 28.6 Å². The van der Waals surface area contributed by atoms with Gasteiger partial charge in [0.05, 0.1) is 17.6 Å². The summed E-state index contributed by atoms with van der Waals surface area (Å²) >= 11 is 0. The summed E-state index contributed by atoms with van der Waals surface area (Å²) in [5.41, 5.74) is 4.53. The second kappa shape index (κ2) is 10.6. The van der Waals surface area contributed by atoms with Gasteiger partial charge >= 0.3 is 0 Å². The molecular weight excluding hydrogens is 374 g/mol. The van der Waals surface area contributed by atoms with Gasteiger partial charge in [-0.3, -0.25) is 4.79 Å². The van der Waals surface area contributed by atoms with Crippen molar-refractivity contribution in [1.82, 2.24) is 14.9 Å². The van der Waals surface area contributed by atoms with Crippen LogP contribution in [-0.2, 0) is 17.8 Å². The number of rotatable bonds is 11. The van der Waals surface area contributed by atoms with E-state index < -0.39 is 0 Å². The number of benzene rings is 2. The van der Waals surface area contributed by atoms with Crippen molar-refractivity contribution in [2.75, 3.05) is 13.2 Å². The van der Waals surface area contributed by atoms with Crippen molar-refractivity contribution in [3.05, 3.63) is 72.1 Å². The summed E-state index contributed by atoms with van der Waals surface area (Å²) in [5.74, 6) is 1.93. The van der Waals surface area contributed by atoms with Gasteiger partial charge in [0.1, 0.15) is 18.2 Å². The summed E-state index contributed by atoms with van der Waals surface area (Å²) in [6.45, 7) is 9.67. The molecule has 5 heteroatoms. The number of hydrogen-bond donors (Lipinski definition) is 1. The molecular formula is C25H31N3O2. The van der Waals surface area contributed by atoms with E-state index in [1.54, 1.807) is 0 Å². The van der Waals surface area contributed by atoms with Gasteiger partial charge in [-0.15, -0.1) is 0 Å². The molecule has 1 aromatic heterocycles. The molecule has 0 spiro atoms. The molecule has 1 N–H and O–H groups in total. The fourth-order valence-electron chi connectivity index (χ4n) is 3.54. The van der Waals surface area contributed by atoms with Crippen molar-refractivity contribution in [3.63, 3.8) is 0 Å². The van der Waals surface area contributed by atoms with Crippen LogP contribution < -0.4 is 10.1 Å². The van der Waals surface area contributed by atoms with Crippen molar-refractivity contribution in [3.8, 4) is 5.75 Å². The Morgan fingerprint density at radius 2 is 2.00 bits per heavy atom. The number of amides is 1. The van der Waals surface area contributed by atoms with Crippen LogP contribution in [0.25, 0.3) is 11.0 Å². The normalized spacial score (nSPS) is 10.9. The number of carbonyl (C=O) groups excluding carboxylic acids is 1. The average Bonchev–Trinajstić information content (AvgIpc) is 3.10. The Kier molecular flexibility index (Phi) is 7.66. The molecule has 1 amide bonds. The Labute approximate surface area is 178 Å². The van der Waals surface area contributed by atoms with E-state index in [0.717, 1.165) is 60.4 Å². The lowest BCUT2D eigenvalue weighted by Gasteiger charge is -2.13. The lowest BCUT2D eigenvalue weighted by atomic mass is 10.1. The maximum absolute atomic E-state index is 11.2. The van der Waals surface area contributed by atoms with Crippen LogP contribution in [0.15, 0.2) is 55.1 Å². The van der Waals surface area contributed by atoms with Gasteiger partial charge in [-0.1, -0.05) is 37.3 Å². The molecule has 0 saturated heterocycles. The largest absolute Gasteiger partial charge is 0.491 e. The van der Waals surface area contributed by atoms with Crippen LogP contribution in [0.4, 0.5) is 0 Å². The molecule has 30 heavy (non-hydrogen) atoms. The number of carbonyl (C=O) groups is 1. The Balaban J connectivity index is 1.59. The number of nitrogens with one attached hydrogen (secondary N) is 1. The number of unbranched alkanes of at least 4 members (excludes halogenated alkanes) is 2. The third-order valence-electron chi connectivity index (χ3n) is 5.21. The highest BCUT2D eigenvalue weighted by molar-refractivity contribution is 5.86. The zero-order valence-electron chi connectivity index (χ0n) is 18.0. The van der Waals surface area contributed by atoms with E-state index in [-0.39, 0.29) is 5.91 Å². The number of aryl methyl sites for hydroxylation is 3. The zero-order valence-corrected chi connectivity index (χ0v) is 18.0. The molecule has 3 rings (SSSR count). The van der Waals surface area contributed by atoms with Crippen LogP contribution in [0.1, 0.15) is 36.2 Å². The molecule has 158 valence electrons. The Hall–Kier alpha value is -3.08. The maximum Gasteiger partial charge on any atom is 0.243 e. The summed E-state index contributed by atoms with van der Waals surface area (Å²) < 4.78 is 8.37. The summed E-state index contributed by atoms with van der Waals surface area (Å²) in [7, 11) is 0. The summed E-state index contributed by atoms with van der Waals surface area (Å²) in [6, 6.07) is 14.6. The lowest BCUT2D eigenvalue weighted by Crippen LogP contribution is -2.21. The highest BCUT2D eigenvalue weighted by Gasteiger charge is 2.11. The molecule has 0 aliphatic heterocycles. The fraction of sp³-hybridized carbons (Fsp3) is 0.360. The second-order valence-corrected chi connectivity index (χ2v) is 7.59. The van der Waals surface area contributed by atoms with Crippen molar-refractivity contribution in [2.45, 2.75) is 46.1 Å². The second-order valence-electron chi connectivity index (χ2n) is 7.59. The molecule has 3 aromatic rings. The summed E-state index contributed by atoms with van der Waals surface area (Å²) in [4.78, 5) is 16.1. The van der Waals surface area contributed by atoms with Crippen molar-refractivity contribution in [1.29, 1.82) is 0 Å². The number of hydrogen-bond acceptors (Lipinski definition) is 3. The zero-order chi connectivity index (χ0) is 21.3. The molecule has 0 unspecified atom stereocenters. The number of nitrogens with zero attached hydrogens (tertiary/aromatic N) is 2. The van der Waals surface area contributed by atoms with Gasteiger partial charge in [-0.2, -0.15) is 0 Å². The average molecular weight is 406 g/mol. The van der Waals surface area contributed by atoms with E-state index >= 15 is 0 Å². The van der Waals surface area contributed by atoms with E-state index in [2.05, 4.69) is 66.7 Å². The topological polar surface area (TPSA) is 56.2 Å². The van der Waals surface area contributed by atoms with Crippen LogP contribution in [0.2, 0.25) is 0 Å². The fourth-order valence-corrected chi connectivity index (χ4v) is 3.54. The van der Waals surface area contributed by atoms with Gasteiger partial charge < -0.3 is 14.6 Å². The predicted molar refractivity (Wildman–Crippen MR) is 122 cm³/mol. The van der Waals surface area contributed by atoms with Crippen LogP contribution in [0.5, 0.6) is 5.75 Å². The van der Waals surface area contributed by atoms with E-state index in [1.165, 1.54) is 11.6 Å². The summed E-state index contributed by atoms with van der Waals surface area (Å²) in [6.07, 6.45) is 5.25. The number of ether oxygens (including phenoxy) is 1. The molecule has 0 aliphatic rings. The Bertz CT molecular complexity index is 1010. The molecule has 0 saturated carbocycles. The summed E-state index contributed by atoms with van der Waals surface area (Å²) in [5, 5.41) is 2.82. The molecule has 0 aliphatic carbocycles. The number of para-hydroxylation sites is 2. The number of aromatic nitrogens is 2. The van der Waals surface area contributed by atoms with E-state index in [9.17, 15) is 4.79 Å². The molecule has 0 atom stereocenters. The minimum absolute atomic E-state index is 0.111. The Morgan fingerprint density at radius 1 is 1.17 bits per heavy atom. The first-order valence-electron chi connectivity index (χ1n) is 10.6. The number of fused-ring (bicyclic) bond motifs is 1. The minimum atomic E-state index is -0.111. The van der Waals surface area contributed by atoms with Gasteiger partial charge in [-0.25, -0.2) is 4.98 Å². The molecule has 5 nitrogen and oxygen atoms in total. The van der Waals surface area contributed by atoms with Gasteiger partial charge in [0.2, 0.25) is 5.91 Å². The number of imidazole rings is 1. The quantitative estimate of drug-likeness (QED) is 0.370. The van der Waals surface area contributed by atoms with Crippen LogP contribution in [0.3, 0.4) is 0 Å². The van der Waals surface area contributed by atoms with E-state index in [1.807, 2.05) is 6.07 Å². The predicted octanol–water partition coefficient (Wildman–Crippen LogP) is 4.75. The van der Waals surface area contributed by atoms with Gasteiger partial charge in [0, 0.05) is 13.0 Å². The van der Waals surface area contributed by atoms with Crippen molar-refractivity contribution < 1.29 is 9.53 Å². The lowest BCUT2D eigenvalue weighted by molar-refractivity contribution is -0.116. The minimum Gasteiger partial charge on any atom is -0.491 e. The standard InChI is InChI=1S/C25H31N3O2/c1-4-25(29)26-15-9-5-6-12-24-27-21-10-7-8-11-22(21)28(24)16-17-30-23-18-19(2)13-14-20(23)3/h4,7-8,10-11,13-14,18H,1,5-6,9,12,15-17H2,2-3H3,(H,26,29). The molecule has 1 heterocycles. The van der Waals surface area contributed by atoms with E-state index in [4.69, 9.17) is 9.72 Å². The van der Waals surface area contributed by atoms with Crippen molar-refractivity contribution >= 4 is 16.9 Å². The Morgan fingerprint density at radius 3 is 2.83 bits per heavy atom.